The molecule has 1 aromatic heterocycles. The van der Waals surface area contributed by atoms with Crippen LogP contribution in [0.3, 0.4) is 0 Å². The molecule has 0 saturated carbocycles. The lowest BCUT2D eigenvalue weighted by molar-refractivity contribution is 0.261. The van der Waals surface area contributed by atoms with Crippen LogP contribution in [0.5, 0.6) is 5.75 Å². The summed E-state index contributed by atoms with van der Waals surface area (Å²) in [5, 5.41) is 14.7. The molecular weight excluding hydrogens is 469 g/mol. The number of hydrogen-bond donors (Lipinski definition) is 2. The van der Waals surface area contributed by atoms with Crippen molar-refractivity contribution in [2.75, 3.05) is 40.8 Å². The van der Waals surface area contributed by atoms with Gasteiger partial charge in [0.05, 0.1) is 0 Å². The molecule has 2 N–H and O–H groups in total. The van der Waals surface area contributed by atoms with Crippen molar-refractivity contribution in [1.82, 2.24) is 30.3 Å². The van der Waals surface area contributed by atoms with E-state index in [1.54, 1.807) is 13.4 Å². The second-order valence-electron chi connectivity index (χ2n) is 6.45. The molecule has 2 aromatic rings. The van der Waals surface area contributed by atoms with Crippen molar-refractivity contribution in [1.29, 1.82) is 0 Å². The molecular formula is C19H32IN7O. The molecule has 8 nitrogen and oxygen atoms in total. The summed E-state index contributed by atoms with van der Waals surface area (Å²) in [5.41, 5.74) is 1.15. The SMILES string of the molecule is CCc1nncn1CCNC(=NC)NCc1cccc(OCCN(C)C)c1.I. The van der Waals surface area contributed by atoms with Crippen molar-refractivity contribution in [3.05, 3.63) is 42.0 Å². The van der Waals surface area contributed by atoms with Crippen LogP contribution < -0.4 is 15.4 Å². The van der Waals surface area contributed by atoms with Crippen molar-refractivity contribution in [3.63, 3.8) is 0 Å². The summed E-state index contributed by atoms with van der Waals surface area (Å²) in [6.45, 7) is 5.87. The number of nitrogens with one attached hydrogen (secondary N) is 2. The molecule has 0 bridgehead atoms. The minimum atomic E-state index is 0. The second-order valence-corrected chi connectivity index (χ2v) is 6.45. The van der Waals surface area contributed by atoms with Crippen LogP contribution in [-0.4, -0.2) is 66.5 Å². The Labute approximate surface area is 184 Å². The van der Waals surface area contributed by atoms with E-state index in [0.717, 1.165) is 49.2 Å². The molecule has 9 heteroatoms. The Morgan fingerprint density at radius 3 is 2.82 bits per heavy atom. The molecule has 0 aliphatic rings. The molecule has 28 heavy (non-hydrogen) atoms. The van der Waals surface area contributed by atoms with Gasteiger partial charge in [-0.15, -0.1) is 34.2 Å². The Hall–Kier alpha value is -1.88. The van der Waals surface area contributed by atoms with Crippen LogP contribution in [-0.2, 0) is 19.5 Å². The van der Waals surface area contributed by atoms with Crippen molar-refractivity contribution < 1.29 is 4.74 Å². The smallest absolute Gasteiger partial charge is 0.191 e. The second kappa shape index (κ2) is 13.3. The normalized spacial score (nSPS) is 11.2. The highest BCUT2D eigenvalue weighted by Crippen LogP contribution is 2.13. The number of nitrogens with zero attached hydrogens (tertiary/aromatic N) is 5. The van der Waals surface area contributed by atoms with E-state index in [1.807, 2.05) is 26.2 Å². The summed E-state index contributed by atoms with van der Waals surface area (Å²) in [4.78, 5) is 6.37. The Bertz CT molecular complexity index is 718. The van der Waals surface area contributed by atoms with Gasteiger partial charge in [-0.3, -0.25) is 4.99 Å². The molecule has 0 atom stereocenters. The summed E-state index contributed by atoms with van der Waals surface area (Å²) >= 11 is 0. The standard InChI is InChI=1S/C19H31N7O.HI/c1-5-18-24-23-15-26(18)10-9-21-19(20-2)22-14-16-7-6-8-17(13-16)27-12-11-25(3)4;/h6-8,13,15H,5,9-12,14H2,1-4H3,(H2,20,21,22);1H. The van der Waals surface area contributed by atoms with Crippen molar-refractivity contribution >= 4 is 29.9 Å². The Morgan fingerprint density at radius 2 is 2.11 bits per heavy atom. The van der Waals surface area contributed by atoms with Crippen LogP contribution in [0.1, 0.15) is 18.3 Å². The van der Waals surface area contributed by atoms with Crippen molar-refractivity contribution in [2.24, 2.45) is 4.99 Å². The van der Waals surface area contributed by atoms with Gasteiger partial charge in [0.1, 0.15) is 24.5 Å². The summed E-state index contributed by atoms with van der Waals surface area (Å²) in [6.07, 6.45) is 2.64. The number of aliphatic imine (C=N–C) groups is 1. The molecule has 156 valence electrons. The van der Waals surface area contributed by atoms with Gasteiger partial charge in [0.2, 0.25) is 0 Å². The molecule has 0 amide bonds. The van der Waals surface area contributed by atoms with Gasteiger partial charge in [0, 0.05) is 39.6 Å². The number of hydrogen-bond acceptors (Lipinski definition) is 5. The molecule has 1 heterocycles. The zero-order chi connectivity index (χ0) is 19.5. The number of likely N-dealkylation sites (N-methyl/N-ethyl adjacent to an activating group) is 1. The lowest BCUT2D eigenvalue weighted by atomic mass is 10.2. The van der Waals surface area contributed by atoms with Crippen molar-refractivity contribution in [2.45, 2.75) is 26.4 Å². The monoisotopic (exact) mass is 501 g/mol. The predicted molar refractivity (Wildman–Crippen MR) is 124 cm³/mol. The summed E-state index contributed by atoms with van der Waals surface area (Å²) < 4.78 is 7.84. The third-order valence-corrected chi connectivity index (χ3v) is 4.05. The highest BCUT2D eigenvalue weighted by molar-refractivity contribution is 14.0. The van der Waals surface area contributed by atoms with Gasteiger partial charge in [-0.05, 0) is 31.8 Å². The third-order valence-electron chi connectivity index (χ3n) is 4.05. The Balaban J connectivity index is 0.00000392. The van der Waals surface area contributed by atoms with Crippen LogP contribution in [0.2, 0.25) is 0 Å². The summed E-state index contributed by atoms with van der Waals surface area (Å²) in [5.74, 6) is 2.64. The molecule has 0 fully saturated rings. The minimum Gasteiger partial charge on any atom is -0.492 e. The van der Waals surface area contributed by atoms with E-state index >= 15 is 0 Å². The van der Waals surface area contributed by atoms with Gasteiger partial charge < -0.3 is 24.8 Å². The fraction of sp³-hybridized carbons (Fsp3) is 0.526. The van der Waals surface area contributed by atoms with Gasteiger partial charge >= 0.3 is 0 Å². The van der Waals surface area contributed by atoms with E-state index in [4.69, 9.17) is 4.74 Å². The summed E-state index contributed by atoms with van der Waals surface area (Å²) in [7, 11) is 5.84. The molecule has 0 radical (unpaired) electrons. The molecule has 0 unspecified atom stereocenters. The van der Waals surface area contributed by atoms with Crippen LogP contribution in [0.25, 0.3) is 0 Å². The number of ether oxygens (including phenoxy) is 1. The Morgan fingerprint density at radius 1 is 1.29 bits per heavy atom. The lowest BCUT2D eigenvalue weighted by Gasteiger charge is -2.14. The highest BCUT2D eigenvalue weighted by Gasteiger charge is 2.03. The number of aryl methyl sites for hydroxylation is 1. The van der Waals surface area contributed by atoms with E-state index in [1.165, 1.54) is 0 Å². The molecule has 0 aliphatic heterocycles. The first-order valence-electron chi connectivity index (χ1n) is 9.30. The van der Waals surface area contributed by atoms with Gasteiger partial charge in [-0.1, -0.05) is 19.1 Å². The van der Waals surface area contributed by atoms with Gasteiger partial charge in [0.25, 0.3) is 0 Å². The summed E-state index contributed by atoms with van der Waals surface area (Å²) in [6, 6.07) is 8.12. The van der Waals surface area contributed by atoms with Crippen LogP contribution >= 0.6 is 24.0 Å². The number of guanidine groups is 1. The number of halogens is 1. The Kier molecular flexibility index (Phi) is 11.5. The predicted octanol–water partition coefficient (Wildman–Crippen LogP) is 1.76. The lowest BCUT2D eigenvalue weighted by Crippen LogP contribution is -2.38. The average Bonchev–Trinajstić information content (AvgIpc) is 3.12. The number of rotatable bonds is 10. The first kappa shape index (κ1) is 24.2. The fourth-order valence-electron chi connectivity index (χ4n) is 2.53. The van der Waals surface area contributed by atoms with Crippen LogP contribution in [0.4, 0.5) is 0 Å². The molecule has 0 aliphatic carbocycles. The molecule has 0 saturated heterocycles. The maximum atomic E-state index is 5.79. The third kappa shape index (κ3) is 8.42. The average molecular weight is 501 g/mol. The largest absolute Gasteiger partial charge is 0.492 e. The quantitative estimate of drug-likeness (QED) is 0.294. The van der Waals surface area contributed by atoms with Crippen molar-refractivity contribution in [3.8, 4) is 5.75 Å². The van der Waals surface area contributed by atoms with E-state index in [2.05, 4.69) is 54.3 Å². The highest BCUT2D eigenvalue weighted by atomic mass is 127. The molecule has 0 spiro atoms. The first-order chi connectivity index (χ1) is 13.1. The van der Waals surface area contributed by atoms with Crippen LogP contribution in [0.15, 0.2) is 35.6 Å². The number of aromatic nitrogens is 3. The first-order valence-corrected chi connectivity index (χ1v) is 9.30. The van der Waals surface area contributed by atoms with Gasteiger partial charge in [-0.2, -0.15) is 0 Å². The van der Waals surface area contributed by atoms with Gasteiger partial charge in [-0.25, -0.2) is 0 Å². The van der Waals surface area contributed by atoms with Crippen LogP contribution in [0, 0.1) is 0 Å². The molecule has 2 rings (SSSR count). The zero-order valence-electron chi connectivity index (χ0n) is 17.2. The van der Waals surface area contributed by atoms with E-state index in [-0.39, 0.29) is 24.0 Å². The molecule has 1 aromatic carbocycles. The van der Waals surface area contributed by atoms with Gasteiger partial charge in [0.15, 0.2) is 5.96 Å². The van der Waals surface area contributed by atoms with E-state index in [0.29, 0.717) is 13.2 Å². The maximum absolute atomic E-state index is 5.79. The number of benzene rings is 1. The zero-order valence-corrected chi connectivity index (χ0v) is 19.5. The maximum Gasteiger partial charge on any atom is 0.191 e. The fourth-order valence-corrected chi connectivity index (χ4v) is 2.53. The minimum absolute atomic E-state index is 0. The topological polar surface area (TPSA) is 79.6 Å². The van der Waals surface area contributed by atoms with E-state index < -0.39 is 0 Å². The van der Waals surface area contributed by atoms with E-state index in [9.17, 15) is 0 Å².